The number of hydrogen-bond acceptors (Lipinski definition) is 1. The van der Waals surface area contributed by atoms with Crippen molar-refractivity contribution in [3.8, 4) is 0 Å². The van der Waals surface area contributed by atoms with Crippen molar-refractivity contribution in [1.82, 2.24) is 5.32 Å². The van der Waals surface area contributed by atoms with E-state index in [4.69, 9.17) is 0 Å². The molecule has 1 aliphatic heterocycles. The van der Waals surface area contributed by atoms with E-state index in [0.29, 0.717) is 6.42 Å². The number of aryl methyl sites for hydroxylation is 3. The average molecular weight is 245 g/mol. The summed E-state index contributed by atoms with van der Waals surface area (Å²) in [4.78, 5) is 11.5. The maximum atomic E-state index is 11.5. The zero-order chi connectivity index (χ0) is 13.3. The Morgan fingerprint density at radius 1 is 1.22 bits per heavy atom. The number of hydrogen-bond donors (Lipinski definition) is 1. The van der Waals surface area contributed by atoms with Crippen LogP contribution in [0.2, 0.25) is 0 Å². The lowest BCUT2D eigenvalue weighted by atomic mass is 9.83. The van der Waals surface area contributed by atoms with Gasteiger partial charge in [-0.25, -0.2) is 0 Å². The Bertz CT molecular complexity index is 455. The number of benzene rings is 1. The van der Waals surface area contributed by atoms with Crippen LogP contribution in [0.3, 0.4) is 0 Å². The van der Waals surface area contributed by atoms with E-state index in [1.807, 2.05) is 0 Å². The first-order chi connectivity index (χ1) is 8.46. The summed E-state index contributed by atoms with van der Waals surface area (Å²) in [5, 5.41) is 3.20. The van der Waals surface area contributed by atoms with Crippen LogP contribution in [0.4, 0.5) is 0 Å². The lowest BCUT2D eigenvalue weighted by Gasteiger charge is -2.29. The standard InChI is InChI=1S/C16H23NO/c1-5-16(7-6-15(18)17-16)10-14-12(3)8-11(2)9-13(14)4/h8-9H,5-7,10H2,1-4H3,(H,17,18). The van der Waals surface area contributed by atoms with Crippen LogP contribution in [0.25, 0.3) is 0 Å². The van der Waals surface area contributed by atoms with Gasteiger partial charge in [-0.2, -0.15) is 0 Å². The van der Waals surface area contributed by atoms with Gasteiger partial charge in [0.15, 0.2) is 0 Å². The van der Waals surface area contributed by atoms with Gasteiger partial charge in [-0.05, 0) is 56.7 Å². The molecule has 0 saturated carbocycles. The van der Waals surface area contributed by atoms with Crippen molar-refractivity contribution in [1.29, 1.82) is 0 Å². The lowest BCUT2D eigenvalue weighted by Crippen LogP contribution is -2.43. The normalized spacial score (nSPS) is 23.2. The Labute approximate surface area is 110 Å². The minimum Gasteiger partial charge on any atom is -0.350 e. The fraction of sp³-hybridized carbons (Fsp3) is 0.562. The monoisotopic (exact) mass is 245 g/mol. The maximum absolute atomic E-state index is 11.5. The zero-order valence-electron chi connectivity index (χ0n) is 11.9. The van der Waals surface area contributed by atoms with Gasteiger partial charge < -0.3 is 5.32 Å². The molecule has 1 unspecified atom stereocenters. The smallest absolute Gasteiger partial charge is 0.220 e. The van der Waals surface area contributed by atoms with Crippen molar-refractivity contribution in [2.75, 3.05) is 0 Å². The molecule has 2 nitrogen and oxygen atoms in total. The zero-order valence-corrected chi connectivity index (χ0v) is 11.9. The second-order valence-electron chi connectivity index (χ2n) is 5.74. The molecule has 18 heavy (non-hydrogen) atoms. The molecule has 0 radical (unpaired) electrons. The predicted octanol–water partition coefficient (Wildman–Crippen LogP) is 3.21. The number of carbonyl (C=O) groups is 1. The summed E-state index contributed by atoms with van der Waals surface area (Å²) in [6.07, 6.45) is 3.62. The molecule has 1 aromatic rings. The molecule has 2 rings (SSSR count). The third kappa shape index (κ3) is 2.43. The van der Waals surface area contributed by atoms with Gasteiger partial charge in [0.05, 0.1) is 0 Å². The number of carbonyl (C=O) groups excluding carboxylic acids is 1. The van der Waals surface area contributed by atoms with E-state index in [1.165, 1.54) is 22.3 Å². The maximum Gasteiger partial charge on any atom is 0.220 e. The average Bonchev–Trinajstić information content (AvgIpc) is 2.66. The fourth-order valence-electron chi connectivity index (χ4n) is 3.12. The van der Waals surface area contributed by atoms with Crippen LogP contribution in [0.1, 0.15) is 48.4 Å². The summed E-state index contributed by atoms with van der Waals surface area (Å²) in [6, 6.07) is 4.48. The number of nitrogens with one attached hydrogen (secondary N) is 1. The summed E-state index contributed by atoms with van der Waals surface area (Å²) in [5.74, 6) is 0.208. The molecular formula is C16H23NO. The molecular weight excluding hydrogens is 222 g/mol. The topological polar surface area (TPSA) is 29.1 Å². The van der Waals surface area contributed by atoms with E-state index < -0.39 is 0 Å². The highest BCUT2D eigenvalue weighted by molar-refractivity contribution is 5.79. The van der Waals surface area contributed by atoms with Gasteiger partial charge in [-0.3, -0.25) is 4.79 Å². The van der Waals surface area contributed by atoms with Crippen LogP contribution in [0.15, 0.2) is 12.1 Å². The Kier molecular flexibility index (Phi) is 3.47. The largest absolute Gasteiger partial charge is 0.350 e. The second kappa shape index (κ2) is 4.75. The first kappa shape index (κ1) is 13.1. The summed E-state index contributed by atoms with van der Waals surface area (Å²) in [6.45, 7) is 8.66. The molecule has 1 fully saturated rings. The van der Waals surface area contributed by atoms with E-state index in [9.17, 15) is 4.79 Å². The van der Waals surface area contributed by atoms with Crippen molar-refractivity contribution in [2.24, 2.45) is 0 Å². The second-order valence-corrected chi connectivity index (χ2v) is 5.74. The van der Waals surface area contributed by atoms with Crippen LogP contribution in [0.5, 0.6) is 0 Å². The van der Waals surface area contributed by atoms with Gasteiger partial charge in [-0.15, -0.1) is 0 Å². The molecule has 0 bridgehead atoms. The van der Waals surface area contributed by atoms with Crippen LogP contribution < -0.4 is 5.32 Å². The first-order valence-electron chi connectivity index (χ1n) is 6.83. The van der Waals surface area contributed by atoms with Crippen LogP contribution in [-0.4, -0.2) is 11.4 Å². The van der Waals surface area contributed by atoms with E-state index in [1.54, 1.807) is 0 Å². The van der Waals surface area contributed by atoms with Crippen molar-refractivity contribution < 1.29 is 4.79 Å². The van der Waals surface area contributed by atoms with E-state index in [0.717, 1.165) is 19.3 Å². The molecule has 98 valence electrons. The molecule has 0 aliphatic carbocycles. The van der Waals surface area contributed by atoms with E-state index in [2.05, 4.69) is 45.1 Å². The van der Waals surface area contributed by atoms with Crippen molar-refractivity contribution in [2.45, 2.75) is 58.9 Å². The Morgan fingerprint density at radius 2 is 1.83 bits per heavy atom. The Morgan fingerprint density at radius 3 is 2.28 bits per heavy atom. The minimum absolute atomic E-state index is 0.0120. The van der Waals surface area contributed by atoms with Crippen molar-refractivity contribution in [3.63, 3.8) is 0 Å². The summed E-state index contributed by atoms with van der Waals surface area (Å²) >= 11 is 0. The third-order valence-electron chi connectivity index (χ3n) is 4.27. The molecule has 1 aliphatic rings. The van der Waals surface area contributed by atoms with Gasteiger partial charge in [-0.1, -0.05) is 24.6 Å². The van der Waals surface area contributed by atoms with Crippen LogP contribution in [-0.2, 0) is 11.2 Å². The molecule has 0 spiro atoms. The van der Waals surface area contributed by atoms with E-state index >= 15 is 0 Å². The molecule has 1 heterocycles. The van der Waals surface area contributed by atoms with Crippen molar-refractivity contribution >= 4 is 5.91 Å². The molecule has 0 aromatic heterocycles. The highest BCUT2D eigenvalue weighted by Crippen LogP contribution is 2.30. The van der Waals surface area contributed by atoms with Crippen LogP contribution >= 0.6 is 0 Å². The molecule has 1 N–H and O–H groups in total. The predicted molar refractivity (Wildman–Crippen MR) is 74.8 cm³/mol. The lowest BCUT2D eigenvalue weighted by molar-refractivity contribution is -0.119. The SMILES string of the molecule is CCC1(Cc2c(C)cc(C)cc2C)CCC(=O)N1. The number of rotatable bonds is 3. The molecule has 1 atom stereocenters. The van der Waals surface area contributed by atoms with Crippen LogP contribution in [0, 0.1) is 20.8 Å². The van der Waals surface area contributed by atoms with Gasteiger partial charge in [0.2, 0.25) is 5.91 Å². The summed E-state index contributed by atoms with van der Waals surface area (Å²) in [5.41, 5.74) is 5.41. The Hall–Kier alpha value is -1.31. The number of amides is 1. The van der Waals surface area contributed by atoms with Gasteiger partial charge >= 0.3 is 0 Å². The molecule has 1 aromatic carbocycles. The molecule has 1 amide bonds. The highest BCUT2D eigenvalue weighted by atomic mass is 16.2. The van der Waals surface area contributed by atoms with Gasteiger partial charge in [0, 0.05) is 12.0 Å². The molecule has 1 saturated heterocycles. The van der Waals surface area contributed by atoms with Crippen molar-refractivity contribution in [3.05, 3.63) is 34.4 Å². The minimum atomic E-state index is -0.0120. The quantitative estimate of drug-likeness (QED) is 0.870. The van der Waals surface area contributed by atoms with Gasteiger partial charge in [0.25, 0.3) is 0 Å². The van der Waals surface area contributed by atoms with Gasteiger partial charge in [0.1, 0.15) is 0 Å². The highest BCUT2D eigenvalue weighted by Gasteiger charge is 2.36. The summed E-state index contributed by atoms with van der Waals surface area (Å²) in [7, 11) is 0. The fourth-order valence-corrected chi connectivity index (χ4v) is 3.12. The summed E-state index contributed by atoms with van der Waals surface area (Å²) < 4.78 is 0. The first-order valence-corrected chi connectivity index (χ1v) is 6.83. The van der Waals surface area contributed by atoms with E-state index in [-0.39, 0.29) is 11.4 Å². The third-order valence-corrected chi connectivity index (χ3v) is 4.27. The Balaban J connectivity index is 2.31. The molecule has 2 heteroatoms.